The summed E-state index contributed by atoms with van der Waals surface area (Å²) in [6, 6.07) is 6.20. The lowest BCUT2D eigenvalue weighted by Crippen LogP contribution is -2.32. The second-order valence-electron chi connectivity index (χ2n) is 6.36. The maximum absolute atomic E-state index is 12.6. The van der Waals surface area contributed by atoms with Gasteiger partial charge in [0, 0.05) is 5.75 Å². The summed E-state index contributed by atoms with van der Waals surface area (Å²) >= 11 is 3.07. The third kappa shape index (κ3) is 4.98. The van der Waals surface area contributed by atoms with E-state index in [1.807, 2.05) is 13.0 Å². The Hall–Kier alpha value is -1.60. The van der Waals surface area contributed by atoms with E-state index in [9.17, 15) is 4.79 Å². The summed E-state index contributed by atoms with van der Waals surface area (Å²) in [7, 11) is 0. The predicted octanol–water partition coefficient (Wildman–Crippen LogP) is 4.72. The lowest BCUT2D eigenvalue weighted by molar-refractivity contribution is -0.122. The van der Waals surface area contributed by atoms with Gasteiger partial charge in [0.2, 0.25) is 5.13 Å². The Kier molecular flexibility index (Phi) is 6.91. The molecule has 7 heteroatoms. The number of fused-ring (bicyclic) bond motifs is 1. The summed E-state index contributed by atoms with van der Waals surface area (Å²) in [6.07, 6.45) is 5.86. The van der Waals surface area contributed by atoms with Crippen LogP contribution in [0.2, 0.25) is 0 Å². The molecule has 1 atom stereocenters. The fourth-order valence-corrected chi connectivity index (χ4v) is 4.64. The molecule has 1 amide bonds. The molecular weight excluding hydrogens is 366 g/mol. The fourth-order valence-electron chi connectivity index (χ4n) is 2.96. The Balaban J connectivity index is 1.61. The van der Waals surface area contributed by atoms with Crippen molar-refractivity contribution >= 4 is 34.1 Å². The first-order chi connectivity index (χ1) is 12.7. The molecule has 0 radical (unpaired) electrons. The summed E-state index contributed by atoms with van der Waals surface area (Å²) in [5.41, 5.74) is 2.76. The van der Waals surface area contributed by atoms with Gasteiger partial charge in [0.15, 0.2) is 10.4 Å². The molecule has 26 heavy (non-hydrogen) atoms. The van der Waals surface area contributed by atoms with E-state index in [-0.39, 0.29) is 5.91 Å². The lowest BCUT2D eigenvalue weighted by atomic mass is 9.92. The number of aryl methyl sites for hydroxylation is 2. The highest BCUT2D eigenvalue weighted by atomic mass is 32.2. The van der Waals surface area contributed by atoms with Crippen molar-refractivity contribution in [3.05, 3.63) is 29.3 Å². The molecule has 5 nitrogen and oxygen atoms in total. The van der Waals surface area contributed by atoms with E-state index in [0.29, 0.717) is 11.6 Å². The van der Waals surface area contributed by atoms with Gasteiger partial charge in [0.25, 0.3) is 5.91 Å². The summed E-state index contributed by atoms with van der Waals surface area (Å²) in [5.74, 6) is 1.60. The van der Waals surface area contributed by atoms with E-state index < -0.39 is 6.10 Å². The molecule has 0 saturated heterocycles. The second kappa shape index (κ2) is 9.37. The van der Waals surface area contributed by atoms with Crippen molar-refractivity contribution in [1.29, 1.82) is 0 Å². The van der Waals surface area contributed by atoms with Gasteiger partial charge in [-0.25, -0.2) is 0 Å². The number of nitrogens with one attached hydrogen (secondary N) is 1. The maximum Gasteiger partial charge on any atom is 0.267 e. The van der Waals surface area contributed by atoms with Crippen LogP contribution in [0.3, 0.4) is 0 Å². The monoisotopic (exact) mass is 391 g/mol. The molecule has 0 saturated carbocycles. The normalized spacial score (nSPS) is 14.5. The van der Waals surface area contributed by atoms with Gasteiger partial charge in [-0.1, -0.05) is 43.0 Å². The predicted molar refractivity (Wildman–Crippen MR) is 107 cm³/mol. The number of nitrogens with zero attached hydrogens (tertiary/aromatic N) is 2. The van der Waals surface area contributed by atoms with Gasteiger partial charge in [0.05, 0.1) is 0 Å². The van der Waals surface area contributed by atoms with Gasteiger partial charge in [-0.05, 0) is 61.8 Å². The molecule has 0 fully saturated rings. The number of aromatic nitrogens is 2. The minimum Gasteiger partial charge on any atom is -0.481 e. The molecular formula is C19H25N3O2S2. The van der Waals surface area contributed by atoms with E-state index in [1.165, 1.54) is 35.3 Å². The standard InChI is InChI=1S/C19H25N3O2S2/c1-3-11-25-19-22-21-18(26-19)20-17(23)16(4-2)24-15-10-9-13-7-5-6-8-14(13)12-15/h9-10,12,16H,3-8,11H2,1-2H3,(H,20,21,23)/t16-/m0/s1. The van der Waals surface area contributed by atoms with Crippen molar-refractivity contribution < 1.29 is 9.53 Å². The van der Waals surface area contributed by atoms with Crippen LogP contribution in [0.15, 0.2) is 22.5 Å². The van der Waals surface area contributed by atoms with Crippen LogP contribution in [0.4, 0.5) is 5.13 Å². The van der Waals surface area contributed by atoms with Gasteiger partial charge < -0.3 is 4.74 Å². The number of hydrogen-bond donors (Lipinski definition) is 1. The van der Waals surface area contributed by atoms with Crippen molar-refractivity contribution in [2.75, 3.05) is 11.1 Å². The topological polar surface area (TPSA) is 64.1 Å². The third-order valence-electron chi connectivity index (χ3n) is 4.33. The van der Waals surface area contributed by atoms with Crippen molar-refractivity contribution in [1.82, 2.24) is 10.2 Å². The lowest BCUT2D eigenvalue weighted by Gasteiger charge is -2.20. The van der Waals surface area contributed by atoms with E-state index in [4.69, 9.17) is 4.74 Å². The summed E-state index contributed by atoms with van der Waals surface area (Å²) in [6.45, 7) is 4.08. The fraction of sp³-hybridized carbons (Fsp3) is 0.526. The number of carbonyl (C=O) groups excluding carboxylic acids is 1. The Morgan fingerprint density at radius 2 is 2.08 bits per heavy atom. The van der Waals surface area contributed by atoms with Crippen LogP contribution in [0.1, 0.15) is 50.7 Å². The number of rotatable bonds is 8. The molecule has 0 unspecified atom stereocenters. The molecule has 1 N–H and O–H groups in total. The van der Waals surface area contributed by atoms with Crippen molar-refractivity contribution in [3.8, 4) is 5.75 Å². The van der Waals surface area contributed by atoms with E-state index >= 15 is 0 Å². The summed E-state index contributed by atoms with van der Waals surface area (Å²) in [5, 5.41) is 11.5. The average molecular weight is 392 g/mol. The Labute approximate surface area is 162 Å². The molecule has 140 valence electrons. The minimum atomic E-state index is -0.535. The smallest absolute Gasteiger partial charge is 0.267 e. The Morgan fingerprint density at radius 1 is 1.27 bits per heavy atom. The number of amides is 1. The van der Waals surface area contributed by atoms with E-state index in [0.717, 1.165) is 35.1 Å². The first-order valence-corrected chi connectivity index (χ1v) is 11.1. The zero-order valence-corrected chi connectivity index (χ0v) is 16.9. The van der Waals surface area contributed by atoms with Gasteiger partial charge in [-0.2, -0.15) is 0 Å². The summed E-state index contributed by atoms with van der Waals surface area (Å²) < 4.78 is 6.85. The number of thioether (sulfide) groups is 1. The second-order valence-corrected chi connectivity index (χ2v) is 8.68. The highest BCUT2D eigenvalue weighted by Gasteiger charge is 2.21. The van der Waals surface area contributed by atoms with Crippen LogP contribution in [0.5, 0.6) is 5.75 Å². The molecule has 0 bridgehead atoms. The first kappa shape index (κ1) is 19.2. The molecule has 2 aromatic rings. The zero-order chi connectivity index (χ0) is 18.4. The number of carbonyl (C=O) groups is 1. The Bertz CT molecular complexity index is 748. The number of hydrogen-bond acceptors (Lipinski definition) is 6. The first-order valence-electron chi connectivity index (χ1n) is 9.25. The largest absolute Gasteiger partial charge is 0.481 e. The van der Waals surface area contributed by atoms with E-state index in [1.54, 1.807) is 11.8 Å². The Morgan fingerprint density at radius 3 is 2.85 bits per heavy atom. The highest BCUT2D eigenvalue weighted by Crippen LogP contribution is 2.28. The van der Waals surface area contributed by atoms with Gasteiger partial charge in [-0.15, -0.1) is 10.2 Å². The molecule has 1 aliphatic rings. The van der Waals surface area contributed by atoms with Gasteiger partial charge in [0.1, 0.15) is 5.75 Å². The molecule has 1 aromatic carbocycles. The molecule has 0 aliphatic heterocycles. The van der Waals surface area contributed by atoms with Crippen LogP contribution in [0.25, 0.3) is 0 Å². The van der Waals surface area contributed by atoms with Crippen LogP contribution >= 0.6 is 23.1 Å². The molecule has 1 aromatic heterocycles. The molecule has 3 rings (SSSR count). The van der Waals surface area contributed by atoms with Crippen molar-refractivity contribution in [3.63, 3.8) is 0 Å². The van der Waals surface area contributed by atoms with Crippen LogP contribution in [0, 0.1) is 0 Å². The summed E-state index contributed by atoms with van der Waals surface area (Å²) in [4.78, 5) is 12.6. The SMILES string of the molecule is CCCSc1nnc(NC(=O)[C@H](CC)Oc2ccc3c(c2)CCCC3)s1. The highest BCUT2D eigenvalue weighted by molar-refractivity contribution is 8.01. The third-order valence-corrected chi connectivity index (χ3v) is 6.51. The van der Waals surface area contributed by atoms with Gasteiger partial charge >= 0.3 is 0 Å². The zero-order valence-electron chi connectivity index (χ0n) is 15.3. The number of anilines is 1. The van der Waals surface area contributed by atoms with Gasteiger partial charge in [-0.3, -0.25) is 10.1 Å². The molecule has 1 aliphatic carbocycles. The molecule has 0 spiro atoms. The van der Waals surface area contributed by atoms with Crippen LogP contribution in [-0.2, 0) is 17.6 Å². The van der Waals surface area contributed by atoms with Crippen LogP contribution < -0.4 is 10.1 Å². The molecule has 1 heterocycles. The minimum absolute atomic E-state index is 0.173. The van der Waals surface area contributed by atoms with Crippen molar-refractivity contribution in [2.24, 2.45) is 0 Å². The average Bonchev–Trinajstić information content (AvgIpc) is 3.11. The maximum atomic E-state index is 12.6. The number of benzene rings is 1. The van der Waals surface area contributed by atoms with Crippen molar-refractivity contribution in [2.45, 2.75) is 62.8 Å². The quantitative estimate of drug-likeness (QED) is 0.521. The van der Waals surface area contributed by atoms with Crippen LogP contribution in [-0.4, -0.2) is 28.0 Å². The number of ether oxygens (including phenoxy) is 1. The van der Waals surface area contributed by atoms with E-state index in [2.05, 4.69) is 34.6 Å².